The number of halogens is 1. The molecule has 18 heavy (non-hydrogen) atoms. The molecule has 0 N–H and O–H groups in total. The van der Waals surface area contributed by atoms with E-state index in [9.17, 15) is 0 Å². The van der Waals surface area contributed by atoms with Gasteiger partial charge in [-0.15, -0.1) is 11.6 Å². The van der Waals surface area contributed by atoms with Crippen molar-refractivity contribution in [2.75, 3.05) is 0 Å². The molecule has 0 radical (unpaired) electrons. The number of alkyl halides is 1. The van der Waals surface area contributed by atoms with Crippen molar-refractivity contribution in [3.63, 3.8) is 0 Å². The lowest BCUT2D eigenvalue weighted by Gasteiger charge is -2.15. The minimum absolute atomic E-state index is 0.198. The van der Waals surface area contributed by atoms with Crippen molar-refractivity contribution in [1.82, 2.24) is 0 Å². The SMILES string of the molecule is CCCCCCC(Cl)c1cc(CC)ccc1CC. The van der Waals surface area contributed by atoms with E-state index in [2.05, 4.69) is 39.0 Å². The summed E-state index contributed by atoms with van der Waals surface area (Å²) in [7, 11) is 0. The Balaban J connectivity index is 2.66. The maximum absolute atomic E-state index is 6.60. The number of hydrogen-bond donors (Lipinski definition) is 0. The third kappa shape index (κ3) is 4.65. The largest absolute Gasteiger partial charge is 0.118 e. The predicted molar refractivity (Wildman–Crippen MR) is 82.6 cm³/mol. The van der Waals surface area contributed by atoms with Gasteiger partial charge in [0.15, 0.2) is 0 Å². The maximum atomic E-state index is 6.60. The van der Waals surface area contributed by atoms with E-state index in [4.69, 9.17) is 11.6 Å². The molecule has 0 aromatic heterocycles. The molecule has 102 valence electrons. The van der Waals surface area contributed by atoms with E-state index in [1.165, 1.54) is 42.4 Å². The van der Waals surface area contributed by atoms with Crippen molar-refractivity contribution in [1.29, 1.82) is 0 Å². The summed E-state index contributed by atoms with van der Waals surface area (Å²) in [6, 6.07) is 6.81. The van der Waals surface area contributed by atoms with Gasteiger partial charge in [0.25, 0.3) is 0 Å². The molecule has 0 fully saturated rings. The maximum Gasteiger partial charge on any atom is 0.0588 e. The lowest BCUT2D eigenvalue weighted by Crippen LogP contribution is -1.99. The van der Waals surface area contributed by atoms with Gasteiger partial charge in [-0.3, -0.25) is 0 Å². The minimum Gasteiger partial charge on any atom is -0.118 e. The lowest BCUT2D eigenvalue weighted by molar-refractivity contribution is 0.622. The van der Waals surface area contributed by atoms with Gasteiger partial charge in [-0.05, 0) is 36.0 Å². The first kappa shape index (κ1) is 15.6. The molecule has 1 aromatic rings. The molecule has 0 saturated heterocycles. The standard InChI is InChI=1S/C17H27Cl/c1-4-7-8-9-10-17(18)16-13-14(5-2)11-12-15(16)6-3/h11-13,17H,4-10H2,1-3H3. The van der Waals surface area contributed by atoms with Crippen LogP contribution in [0.4, 0.5) is 0 Å². The number of rotatable bonds is 8. The average molecular weight is 267 g/mol. The van der Waals surface area contributed by atoms with Gasteiger partial charge in [-0.25, -0.2) is 0 Å². The molecule has 0 spiro atoms. The zero-order valence-electron chi connectivity index (χ0n) is 12.1. The molecule has 0 bridgehead atoms. The van der Waals surface area contributed by atoms with Crippen LogP contribution >= 0.6 is 11.6 Å². The lowest BCUT2D eigenvalue weighted by atomic mass is 9.96. The highest BCUT2D eigenvalue weighted by atomic mass is 35.5. The molecule has 0 amide bonds. The first-order chi connectivity index (χ1) is 8.72. The number of unbranched alkanes of at least 4 members (excludes halogenated alkanes) is 3. The molecule has 1 heteroatoms. The van der Waals surface area contributed by atoms with E-state index in [1.807, 2.05) is 0 Å². The highest BCUT2D eigenvalue weighted by Gasteiger charge is 2.12. The predicted octanol–water partition coefficient (Wildman–Crippen LogP) is 6.06. The fourth-order valence-electron chi connectivity index (χ4n) is 2.38. The molecule has 0 heterocycles. The second-order valence-electron chi connectivity index (χ2n) is 5.06. The van der Waals surface area contributed by atoms with E-state index in [0.29, 0.717) is 0 Å². The summed E-state index contributed by atoms with van der Waals surface area (Å²) < 4.78 is 0. The third-order valence-electron chi connectivity index (χ3n) is 3.65. The van der Waals surface area contributed by atoms with E-state index in [1.54, 1.807) is 0 Å². The Morgan fingerprint density at radius 2 is 1.78 bits per heavy atom. The molecule has 0 nitrogen and oxygen atoms in total. The van der Waals surface area contributed by atoms with E-state index in [-0.39, 0.29) is 5.38 Å². The Labute approximate surface area is 118 Å². The molecule has 1 aromatic carbocycles. The van der Waals surface area contributed by atoms with Crippen molar-refractivity contribution >= 4 is 11.6 Å². The fraction of sp³-hybridized carbons (Fsp3) is 0.647. The zero-order chi connectivity index (χ0) is 13.4. The normalized spacial score (nSPS) is 12.7. The summed E-state index contributed by atoms with van der Waals surface area (Å²) >= 11 is 6.60. The summed E-state index contributed by atoms with van der Waals surface area (Å²) in [4.78, 5) is 0. The number of hydrogen-bond acceptors (Lipinski definition) is 0. The Morgan fingerprint density at radius 1 is 1.00 bits per heavy atom. The Hall–Kier alpha value is -0.490. The van der Waals surface area contributed by atoms with Crippen molar-refractivity contribution in [2.24, 2.45) is 0 Å². The number of aryl methyl sites for hydroxylation is 2. The molecule has 0 saturated carbocycles. The van der Waals surface area contributed by atoms with Gasteiger partial charge in [0, 0.05) is 0 Å². The van der Waals surface area contributed by atoms with Crippen LogP contribution in [0.15, 0.2) is 18.2 Å². The van der Waals surface area contributed by atoms with Crippen molar-refractivity contribution < 1.29 is 0 Å². The van der Waals surface area contributed by atoms with Crippen LogP contribution < -0.4 is 0 Å². The van der Waals surface area contributed by atoms with Gasteiger partial charge < -0.3 is 0 Å². The second-order valence-corrected chi connectivity index (χ2v) is 5.58. The molecule has 0 aliphatic carbocycles. The van der Waals surface area contributed by atoms with E-state index < -0.39 is 0 Å². The molecule has 0 aliphatic rings. The smallest absolute Gasteiger partial charge is 0.0588 e. The number of benzene rings is 1. The van der Waals surface area contributed by atoms with Crippen LogP contribution in [0, 0.1) is 0 Å². The Kier molecular flexibility index (Phi) is 7.42. The topological polar surface area (TPSA) is 0 Å². The second kappa shape index (κ2) is 8.58. The molecule has 1 atom stereocenters. The summed E-state index contributed by atoms with van der Waals surface area (Å²) in [5.41, 5.74) is 4.19. The van der Waals surface area contributed by atoms with Crippen LogP contribution in [0.3, 0.4) is 0 Å². The summed E-state index contributed by atoms with van der Waals surface area (Å²) in [5.74, 6) is 0. The summed E-state index contributed by atoms with van der Waals surface area (Å²) in [6.07, 6.45) is 8.48. The highest BCUT2D eigenvalue weighted by Crippen LogP contribution is 2.30. The molecule has 1 rings (SSSR count). The molecule has 0 aliphatic heterocycles. The van der Waals surface area contributed by atoms with Gasteiger partial charge in [-0.1, -0.05) is 64.7 Å². The first-order valence-corrected chi connectivity index (χ1v) is 7.92. The van der Waals surface area contributed by atoms with Crippen molar-refractivity contribution in [3.8, 4) is 0 Å². The van der Waals surface area contributed by atoms with Gasteiger partial charge in [0.1, 0.15) is 0 Å². The van der Waals surface area contributed by atoms with Crippen molar-refractivity contribution in [2.45, 2.75) is 71.1 Å². The highest BCUT2D eigenvalue weighted by molar-refractivity contribution is 6.20. The minimum atomic E-state index is 0.198. The van der Waals surface area contributed by atoms with Gasteiger partial charge in [0.05, 0.1) is 5.38 Å². The van der Waals surface area contributed by atoms with Crippen LogP contribution in [0.2, 0.25) is 0 Å². The quantitative estimate of drug-likeness (QED) is 0.396. The van der Waals surface area contributed by atoms with E-state index >= 15 is 0 Å². The van der Waals surface area contributed by atoms with Crippen LogP contribution in [-0.4, -0.2) is 0 Å². The van der Waals surface area contributed by atoms with Crippen LogP contribution in [0.5, 0.6) is 0 Å². The molecule has 1 unspecified atom stereocenters. The monoisotopic (exact) mass is 266 g/mol. The Morgan fingerprint density at radius 3 is 2.39 bits per heavy atom. The van der Waals surface area contributed by atoms with Crippen LogP contribution in [-0.2, 0) is 12.8 Å². The van der Waals surface area contributed by atoms with Crippen LogP contribution in [0.25, 0.3) is 0 Å². The summed E-state index contributed by atoms with van der Waals surface area (Å²) in [6.45, 7) is 6.67. The first-order valence-electron chi connectivity index (χ1n) is 7.48. The van der Waals surface area contributed by atoms with Gasteiger partial charge in [0.2, 0.25) is 0 Å². The van der Waals surface area contributed by atoms with Crippen LogP contribution in [0.1, 0.15) is 74.9 Å². The molecular weight excluding hydrogens is 240 g/mol. The summed E-state index contributed by atoms with van der Waals surface area (Å²) in [5, 5.41) is 0.198. The van der Waals surface area contributed by atoms with Crippen molar-refractivity contribution in [3.05, 3.63) is 34.9 Å². The third-order valence-corrected chi connectivity index (χ3v) is 4.10. The van der Waals surface area contributed by atoms with E-state index in [0.717, 1.165) is 19.3 Å². The Bertz CT molecular complexity index is 343. The fourth-order valence-corrected chi connectivity index (χ4v) is 2.74. The average Bonchev–Trinajstić information content (AvgIpc) is 2.42. The van der Waals surface area contributed by atoms with Gasteiger partial charge in [-0.2, -0.15) is 0 Å². The molecular formula is C17H27Cl. The zero-order valence-corrected chi connectivity index (χ0v) is 12.9. The van der Waals surface area contributed by atoms with Gasteiger partial charge >= 0.3 is 0 Å².